The van der Waals surface area contributed by atoms with Crippen LogP contribution < -0.4 is 5.32 Å². The molecular weight excluding hydrogens is 365 g/mol. The molecule has 106 valence electrons. The summed E-state index contributed by atoms with van der Waals surface area (Å²) in [6, 6.07) is 2.80. The smallest absolute Gasteiger partial charge is 0.0656 e. The summed E-state index contributed by atoms with van der Waals surface area (Å²) in [4.78, 5) is 0. The van der Waals surface area contributed by atoms with Crippen LogP contribution in [0.15, 0.2) is 23.1 Å². The Hall–Kier alpha value is 0.130. The summed E-state index contributed by atoms with van der Waals surface area (Å²) >= 11 is 4.29. The fourth-order valence-corrected chi connectivity index (χ4v) is 4.10. The van der Waals surface area contributed by atoms with Crippen molar-refractivity contribution in [3.05, 3.63) is 31.5 Å². The van der Waals surface area contributed by atoms with Crippen molar-refractivity contribution in [3.8, 4) is 0 Å². The summed E-state index contributed by atoms with van der Waals surface area (Å²) in [6.45, 7) is 3.35. The fraction of sp³-hybridized carbons (Fsp3) is 0.625. The van der Waals surface area contributed by atoms with E-state index in [-0.39, 0.29) is 0 Å². The highest BCUT2D eigenvalue weighted by molar-refractivity contribution is 14.1. The molecule has 1 unspecified atom stereocenters. The van der Waals surface area contributed by atoms with Gasteiger partial charge in [-0.3, -0.25) is 0 Å². The van der Waals surface area contributed by atoms with Gasteiger partial charge in [0.05, 0.1) is 8.93 Å². The van der Waals surface area contributed by atoms with Crippen LogP contribution in [0.1, 0.15) is 63.5 Å². The van der Waals surface area contributed by atoms with E-state index in [4.69, 9.17) is 0 Å². The van der Waals surface area contributed by atoms with Crippen molar-refractivity contribution in [2.45, 2.75) is 57.9 Å². The summed E-state index contributed by atoms with van der Waals surface area (Å²) < 4.78 is 1.39. The molecule has 1 nitrogen and oxygen atoms in total. The largest absolute Gasteiger partial charge is 0.307 e. The molecule has 0 saturated heterocycles. The first-order chi connectivity index (χ1) is 9.31. The van der Waals surface area contributed by atoms with Gasteiger partial charge in [-0.2, -0.15) is 0 Å². The molecule has 0 aliphatic heterocycles. The van der Waals surface area contributed by atoms with Crippen LogP contribution in [-0.4, -0.2) is 6.54 Å². The topological polar surface area (TPSA) is 12.0 Å². The molecule has 3 heteroatoms. The second-order valence-corrected chi connectivity index (χ2v) is 8.11. The molecule has 1 N–H and O–H groups in total. The lowest BCUT2D eigenvalue weighted by atomic mass is 9.92. The lowest BCUT2D eigenvalue weighted by Gasteiger charge is -2.23. The highest BCUT2D eigenvalue weighted by Gasteiger charge is 2.17. The number of rotatable bonds is 5. The molecule has 1 aromatic heterocycles. The van der Waals surface area contributed by atoms with E-state index >= 15 is 0 Å². The SMILES string of the molecule is CCCNC(C1=CCCCCCC1)c1csc(I)c1. The Kier molecular flexibility index (Phi) is 6.88. The molecule has 1 heterocycles. The molecule has 0 bridgehead atoms. The van der Waals surface area contributed by atoms with Gasteiger partial charge in [0.2, 0.25) is 0 Å². The minimum atomic E-state index is 0.456. The van der Waals surface area contributed by atoms with E-state index in [2.05, 4.69) is 52.4 Å². The first-order valence-electron chi connectivity index (χ1n) is 7.47. The van der Waals surface area contributed by atoms with Gasteiger partial charge >= 0.3 is 0 Å². The summed E-state index contributed by atoms with van der Waals surface area (Å²) in [5, 5.41) is 6.08. The van der Waals surface area contributed by atoms with E-state index in [9.17, 15) is 0 Å². The number of hydrogen-bond donors (Lipinski definition) is 1. The third kappa shape index (κ3) is 4.87. The Morgan fingerprint density at radius 2 is 2.16 bits per heavy atom. The second kappa shape index (κ2) is 8.42. The lowest BCUT2D eigenvalue weighted by molar-refractivity contribution is 0.541. The van der Waals surface area contributed by atoms with Gasteiger partial charge in [-0.25, -0.2) is 0 Å². The van der Waals surface area contributed by atoms with Gasteiger partial charge in [-0.05, 0) is 78.2 Å². The third-order valence-electron chi connectivity index (χ3n) is 3.72. The Balaban J connectivity index is 2.15. The van der Waals surface area contributed by atoms with Gasteiger partial charge in [0.25, 0.3) is 0 Å². The normalized spacial score (nSPS) is 18.5. The molecule has 0 saturated carbocycles. The standard InChI is InChI=1S/C16H24INS/c1-2-10-18-16(14-11-15(17)19-12-14)13-8-6-4-3-5-7-9-13/h8,11-12,16,18H,2-7,9-10H2,1H3. The number of allylic oxidation sites excluding steroid dienone is 1. The monoisotopic (exact) mass is 389 g/mol. The molecular formula is C16H24INS. The van der Waals surface area contributed by atoms with Crippen LogP contribution in [0.25, 0.3) is 0 Å². The van der Waals surface area contributed by atoms with Gasteiger partial charge in [-0.1, -0.05) is 31.4 Å². The van der Waals surface area contributed by atoms with Crippen LogP contribution >= 0.6 is 33.9 Å². The Labute approximate surface area is 135 Å². The molecule has 0 aromatic carbocycles. The van der Waals surface area contributed by atoms with E-state index in [1.54, 1.807) is 5.57 Å². The molecule has 1 aromatic rings. The predicted molar refractivity (Wildman–Crippen MR) is 93.9 cm³/mol. The zero-order chi connectivity index (χ0) is 13.5. The highest BCUT2D eigenvalue weighted by Crippen LogP contribution is 2.31. The fourth-order valence-electron chi connectivity index (χ4n) is 2.71. The number of thiophene rings is 1. The van der Waals surface area contributed by atoms with Gasteiger partial charge in [0.15, 0.2) is 0 Å². The molecule has 0 radical (unpaired) electrons. The number of nitrogens with one attached hydrogen (secondary N) is 1. The Morgan fingerprint density at radius 3 is 2.89 bits per heavy atom. The number of halogens is 1. The van der Waals surface area contributed by atoms with Crippen LogP contribution in [0.4, 0.5) is 0 Å². The van der Waals surface area contributed by atoms with Gasteiger partial charge in [0, 0.05) is 0 Å². The summed E-state index contributed by atoms with van der Waals surface area (Å²) in [5.41, 5.74) is 3.09. The van der Waals surface area contributed by atoms with Crippen molar-refractivity contribution in [2.75, 3.05) is 6.54 Å². The van der Waals surface area contributed by atoms with Crippen LogP contribution in [0.5, 0.6) is 0 Å². The maximum absolute atomic E-state index is 3.75. The summed E-state index contributed by atoms with van der Waals surface area (Å²) in [7, 11) is 0. The maximum atomic E-state index is 3.75. The van der Waals surface area contributed by atoms with E-state index < -0.39 is 0 Å². The van der Waals surface area contributed by atoms with Crippen molar-refractivity contribution in [1.29, 1.82) is 0 Å². The maximum Gasteiger partial charge on any atom is 0.0656 e. The van der Waals surface area contributed by atoms with E-state index in [0.717, 1.165) is 6.54 Å². The molecule has 1 aliphatic rings. The Morgan fingerprint density at radius 1 is 1.32 bits per heavy atom. The predicted octanol–water partition coefficient (Wildman–Crippen LogP) is 5.67. The van der Waals surface area contributed by atoms with Crippen LogP contribution in [0.3, 0.4) is 0 Å². The third-order valence-corrected chi connectivity index (χ3v) is 5.52. The quantitative estimate of drug-likeness (QED) is 0.505. The molecule has 0 spiro atoms. The minimum Gasteiger partial charge on any atom is -0.307 e. The van der Waals surface area contributed by atoms with Crippen LogP contribution in [0.2, 0.25) is 0 Å². The molecule has 0 amide bonds. The van der Waals surface area contributed by atoms with Crippen molar-refractivity contribution in [2.24, 2.45) is 0 Å². The Bertz CT molecular complexity index is 411. The molecule has 1 atom stereocenters. The zero-order valence-corrected chi connectivity index (χ0v) is 14.7. The first-order valence-corrected chi connectivity index (χ1v) is 9.43. The lowest BCUT2D eigenvalue weighted by Crippen LogP contribution is -2.24. The average Bonchev–Trinajstić information content (AvgIpc) is 2.78. The average molecular weight is 389 g/mol. The molecule has 19 heavy (non-hydrogen) atoms. The van der Waals surface area contributed by atoms with Crippen molar-refractivity contribution in [1.82, 2.24) is 5.32 Å². The number of hydrogen-bond acceptors (Lipinski definition) is 2. The molecule has 1 aliphatic carbocycles. The summed E-state index contributed by atoms with van der Waals surface area (Å²) in [6.07, 6.45) is 11.8. The highest BCUT2D eigenvalue weighted by atomic mass is 127. The van der Waals surface area contributed by atoms with Crippen molar-refractivity contribution < 1.29 is 0 Å². The van der Waals surface area contributed by atoms with E-state index in [1.807, 2.05) is 11.3 Å². The van der Waals surface area contributed by atoms with E-state index in [1.165, 1.54) is 53.4 Å². The van der Waals surface area contributed by atoms with Gasteiger partial charge < -0.3 is 5.32 Å². The second-order valence-electron chi connectivity index (χ2n) is 5.30. The molecule has 0 fully saturated rings. The summed E-state index contributed by atoms with van der Waals surface area (Å²) in [5.74, 6) is 0. The molecule has 2 rings (SSSR count). The first kappa shape index (κ1) is 15.5. The zero-order valence-electron chi connectivity index (χ0n) is 11.8. The van der Waals surface area contributed by atoms with Crippen LogP contribution in [-0.2, 0) is 0 Å². The van der Waals surface area contributed by atoms with Gasteiger partial charge in [-0.15, -0.1) is 11.3 Å². The van der Waals surface area contributed by atoms with E-state index in [0.29, 0.717) is 6.04 Å². The van der Waals surface area contributed by atoms with Crippen molar-refractivity contribution >= 4 is 33.9 Å². The minimum absolute atomic E-state index is 0.456. The van der Waals surface area contributed by atoms with Crippen LogP contribution in [0, 0.1) is 2.88 Å². The van der Waals surface area contributed by atoms with Crippen molar-refractivity contribution in [3.63, 3.8) is 0 Å². The van der Waals surface area contributed by atoms with Gasteiger partial charge in [0.1, 0.15) is 0 Å².